The van der Waals surface area contributed by atoms with E-state index in [1.807, 2.05) is 6.20 Å². The summed E-state index contributed by atoms with van der Waals surface area (Å²) >= 11 is 1.63. The SMILES string of the molecule is CCC(C)C1CCCCN1Cc1cnc(N)s1.Cl. The van der Waals surface area contributed by atoms with Crippen LogP contribution in [0.4, 0.5) is 5.13 Å². The smallest absolute Gasteiger partial charge is 0.180 e. The predicted octanol–water partition coefficient (Wildman–Crippen LogP) is 3.55. The molecule has 0 amide bonds. The average Bonchev–Trinajstić information content (AvgIpc) is 2.74. The highest BCUT2D eigenvalue weighted by atomic mass is 35.5. The Labute approximate surface area is 120 Å². The summed E-state index contributed by atoms with van der Waals surface area (Å²) in [4.78, 5) is 8.07. The second kappa shape index (κ2) is 7.31. The topological polar surface area (TPSA) is 42.2 Å². The van der Waals surface area contributed by atoms with E-state index in [9.17, 15) is 0 Å². The monoisotopic (exact) mass is 289 g/mol. The molecule has 0 spiro atoms. The van der Waals surface area contributed by atoms with Crippen molar-refractivity contribution in [2.75, 3.05) is 12.3 Å². The van der Waals surface area contributed by atoms with Gasteiger partial charge in [0.1, 0.15) is 0 Å². The van der Waals surface area contributed by atoms with Crippen LogP contribution in [0.5, 0.6) is 0 Å². The summed E-state index contributed by atoms with van der Waals surface area (Å²) in [5.74, 6) is 0.792. The Morgan fingerprint density at radius 3 is 2.94 bits per heavy atom. The molecule has 0 radical (unpaired) electrons. The van der Waals surface area contributed by atoms with E-state index in [0.717, 1.165) is 18.5 Å². The summed E-state index contributed by atoms with van der Waals surface area (Å²) in [5.41, 5.74) is 5.69. The standard InChI is InChI=1S/C13H23N3S.ClH/c1-3-10(2)12-6-4-5-7-16(12)9-11-8-15-13(14)17-11;/h8,10,12H,3-7,9H2,1-2H3,(H2,14,15);1H. The second-order valence-electron chi connectivity index (χ2n) is 5.08. The number of hydrogen-bond acceptors (Lipinski definition) is 4. The largest absolute Gasteiger partial charge is 0.375 e. The minimum Gasteiger partial charge on any atom is -0.375 e. The van der Waals surface area contributed by atoms with Gasteiger partial charge in [-0.2, -0.15) is 0 Å². The molecule has 3 nitrogen and oxygen atoms in total. The molecule has 2 atom stereocenters. The van der Waals surface area contributed by atoms with Gasteiger partial charge in [-0.15, -0.1) is 23.7 Å². The Bertz CT molecular complexity index is 356. The molecule has 1 saturated heterocycles. The zero-order chi connectivity index (χ0) is 12.3. The molecule has 2 rings (SSSR count). The first kappa shape index (κ1) is 15.7. The van der Waals surface area contributed by atoms with E-state index in [1.165, 1.54) is 37.1 Å². The molecule has 0 bridgehead atoms. The lowest BCUT2D eigenvalue weighted by molar-refractivity contribution is 0.0975. The van der Waals surface area contributed by atoms with E-state index in [1.54, 1.807) is 11.3 Å². The Hall–Kier alpha value is -0.320. The number of piperidine rings is 1. The third-order valence-electron chi connectivity index (χ3n) is 3.90. The average molecular weight is 290 g/mol. The van der Waals surface area contributed by atoms with Gasteiger partial charge >= 0.3 is 0 Å². The third-order valence-corrected chi connectivity index (χ3v) is 4.71. The summed E-state index contributed by atoms with van der Waals surface area (Å²) in [6.45, 7) is 6.93. The lowest BCUT2D eigenvalue weighted by atomic mass is 9.90. The van der Waals surface area contributed by atoms with Gasteiger partial charge in [-0.25, -0.2) is 4.98 Å². The van der Waals surface area contributed by atoms with Crippen LogP contribution in [0.15, 0.2) is 6.20 Å². The van der Waals surface area contributed by atoms with Gasteiger partial charge in [0, 0.05) is 23.7 Å². The van der Waals surface area contributed by atoms with Crippen molar-refractivity contribution in [3.63, 3.8) is 0 Å². The molecule has 1 aromatic heterocycles. The van der Waals surface area contributed by atoms with Crippen LogP contribution in [-0.2, 0) is 6.54 Å². The Morgan fingerprint density at radius 1 is 1.56 bits per heavy atom. The van der Waals surface area contributed by atoms with Crippen LogP contribution in [-0.4, -0.2) is 22.5 Å². The van der Waals surface area contributed by atoms with Crippen molar-refractivity contribution < 1.29 is 0 Å². The van der Waals surface area contributed by atoms with E-state index < -0.39 is 0 Å². The van der Waals surface area contributed by atoms with Gasteiger partial charge in [0.2, 0.25) is 0 Å². The van der Waals surface area contributed by atoms with Crippen LogP contribution in [0.1, 0.15) is 44.4 Å². The molecular formula is C13H24ClN3S. The first-order valence-corrected chi connectivity index (χ1v) is 7.46. The molecule has 18 heavy (non-hydrogen) atoms. The molecule has 1 aliphatic rings. The van der Waals surface area contributed by atoms with Crippen molar-refractivity contribution in [3.8, 4) is 0 Å². The number of halogens is 1. The van der Waals surface area contributed by atoms with E-state index in [4.69, 9.17) is 5.73 Å². The lowest BCUT2D eigenvalue weighted by Crippen LogP contribution is -2.42. The molecule has 2 unspecified atom stereocenters. The van der Waals surface area contributed by atoms with Crippen molar-refractivity contribution in [2.24, 2.45) is 5.92 Å². The second-order valence-corrected chi connectivity index (χ2v) is 6.23. The van der Waals surface area contributed by atoms with E-state index in [2.05, 4.69) is 23.7 Å². The van der Waals surface area contributed by atoms with E-state index >= 15 is 0 Å². The van der Waals surface area contributed by atoms with Crippen LogP contribution in [0.3, 0.4) is 0 Å². The maximum Gasteiger partial charge on any atom is 0.180 e. The highest BCUT2D eigenvalue weighted by molar-refractivity contribution is 7.15. The molecular weight excluding hydrogens is 266 g/mol. The number of aromatic nitrogens is 1. The van der Waals surface area contributed by atoms with Gasteiger partial charge in [0.15, 0.2) is 5.13 Å². The summed E-state index contributed by atoms with van der Waals surface area (Å²) < 4.78 is 0. The first-order valence-electron chi connectivity index (χ1n) is 6.65. The van der Waals surface area contributed by atoms with Crippen molar-refractivity contribution in [1.82, 2.24) is 9.88 Å². The molecule has 5 heteroatoms. The molecule has 104 valence electrons. The molecule has 1 aliphatic heterocycles. The van der Waals surface area contributed by atoms with Crippen LogP contribution in [0.25, 0.3) is 0 Å². The summed E-state index contributed by atoms with van der Waals surface area (Å²) in [5, 5.41) is 0.692. The minimum absolute atomic E-state index is 0. The summed E-state index contributed by atoms with van der Waals surface area (Å²) in [7, 11) is 0. The lowest BCUT2D eigenvalue weighted by Gasteiger charge is -2.38. The fraction of sp³-hybridized carbons (Fsp3) is 0.769. The first-order chi connectivity index (χ1) is 8.20. The van der Waals surface area contributed by atoms with Crippen LogP contribution in [0, 0.1) is 5.92 Å². The van der Waals surface area contributed by atoms with Gasteiger partial charge in [-0.05, 0) is 25.3 Å². The van der Waals surface area contributed by atoms with Gasteiger partial charge < -0.3 is 5.73 Å². The number of anilines is 1. The zero-order valence-electron chi connectivity index (χ0n) is 11.3. The summed E-state index contributed by atoms with van der Waals surface area (Å²) in [6.07, 6.45) is 7.27. The Morgan fingerprint density at radius 2 is 2.33 bits per heavy atom. The molecule has 2 heterocycles. The number of nitrogens with two attached hydrogens (primary N) is 1. The van der Waals surface area contributed by atoms with Crippen LogP contribution >= 0.6 is 23.7 Å². The molecule has 2 N–H and O–H groups in total. The Kier molecular flexibility index (Phi) is 6.39. The predicted molar refractivity (Wildman–Crippen MR) is 81.3 cm³/mol. The van der Waals surface area contributed by atoms with Gasteiger partial charge in [0.05, 0.1) is 0 Å². The van der Waals surface area contributed by atoms with Crippen molar-refractivity contribution >= 4 is 28.9 Å². The van der Waals surface area contributed by atoms with Crippen molar-refractivity contribution in [1.29, 1.82) is 0 Å². The fourth-order valence-corrected chi connectivity index (χ4v) is 3.44. The van der Waals surface area contributed by atoms with Crippen molar-refractivity contribution in [2.45, 2.75) is 52.1 Å². The summed E-state index contributed by atoms with van der Waals surface area (Å²) in [6, 6.07) is 0.747. The highest BCUT2D eigenvalue weighted by Crippen LogP contribution is 2.28. The van der Waals surface area contributed by atoms with Gasteiger partial charge in [0.25, 0.3) is 0 Å². The van der Waals surface area contributed by atoms with E-state index in [0.29, 0.717) is 5.13 Å². The Balaban J connectivity index is 0.00000162. The normalized spacial score (nSPS) is 22.4. The van der Waals surface area contributed by atoms with Gasteiger partial charge in [-0.3, -0.25) is 4.90 Å². The molecule has 1 fully saturated rings. The number of thiazole rings is 1. The van der Waals surface area contributed by atoms with Gasteiger partial charge in [-0.1, -0.05) is 26.7 Å². The molecule has 1 aromatic rings. The zero-order valence-corrected chi connectivity index (χ0v) is 12.9. The maximum atomic E-state index is 5.69. The maximum absolute atomic E-state index is 5.69. The molecule has 0 saturated carbocycles. The minimum atomic E-state index is 0. The van der Waals surface area contributed by atoms with Crippen LogP contribution < -0.4 is 5.73 Å². The quantitative estimate of drug-likeness (QED) is 0.922. The van der Waals surface area contributed by atoms with Crippen molar-refractivity contribution in [3.05, 3.63) is 11.1 Å². The molecule has 0 aromatic carbocycles. The fourth-order valence-electron chi connectivity index (χ4n) is 2.73. The van der Waals surface area contributed by atoms with E-state index in [-0.39, 0.29) is 12.4 Å². The number of rotatable bonds is 4. The number of nitrogen functional groups attached to an aromatic ring is 1. The highest BCUT2D eigenvalue weighted by Gasteiger charge is 2.26. The third kappa shape index (κ3) is 3.84. The number of likely N-dealkylation sites (tertiary alicyclic amines) is 1. The number of hydrogen-bond donors (Lipinski definition) is 1. The van der Waals surface area contributed by atoms with Crippen LogP contribution in [0.2, 0.25) is 0 Å². The molecule has 0 aliphatic carbocycles. The number of nitrogens with zero attached hydrogens (tertiary/aromatic N) is 2.